The standard InChI is InChI=1S/C21H22ClF3O3S/c1-12(2)8-17(20(26)27)14-9-16(13-4-6-15(29-3)7-5-13)19(18(22)10-14)28-11-21(23,24)25/h4-7,9-10,12,17H,8,11H2,1-3H3,(H,26,27)/t17-/m1/s1. The third-order valence-electron chi connectivity index (χ3n) is 4.25. The van der Waals surface area contributed by atoms with Crippen molar-refractivity contribution in [1.82, 2.24) is 0 Å². The molecular weight excluding hydrogens is 425 g/mol. The fourth-order valence-electron chi connectivity index (χ4n) is 2.95. The molecule has 2 aromatic carbocycles. The van der Waals surface area contributed by atoms with Crippen molar-refractivity contribution in [2.24, 2.45) is 5.92 Å². The van der Waals surface area contributed by atoms with Crippen molar-refractivity contribution in [3.8, 4) is 16.9 Å². The van der Waals surface area contributed by atoms with E-state index in [9.17, 15) is 23.1 Å². The van der Waals surface area contributed by atoms with Gasteiger partial charge >= 0.3 is 12.1 Å². The molecule has 0 fully saturated rings. The third kappa shape index (κ3) is 6.57. The summed E-state index contributed by atoms with van der Waals surface area (Å²) in [5, 5.41) is 9.60. The van der Waals surface area contributed by atoms with Gasteiger partial charge in [0.05, 0.1) is 10.9 Å². The first-order chi connectivity index (χ1) is 13.5. The lowest BCUT2D eigenvalue weighted by molar-refractivity contribution is -0.153. The van der Waals surface area contributed by atoms with E-state index < -0.39 is 24.7 Å². The first-order valence-corrected chi connectivity index (χ1v) is 10.5. The van der Waals surface area contributed by atoms with Gasteiger partial charge in [-0.15, -0.1) is 11.8 Å². The maximum atomic E-state index is 12.7. The van der Waals surface area contributed by atoms with Crippen LogP contribution in [0.4, 0.5) is 13.2 Å². The van der Waals surface area contributed by atoms with E-state index in [1.54, 1.807) is 18.2 Å². The zero-order chi connectivity index (χ0) is 21.8. The largest absolute Gasteiger partial charge is 0.482 e. The van der Waals surface area contributed by atoms with Gasteiger partial charge < -0.3 is 9.84 Å². The van der Waals surface area contributed by atoms with E-state index in [0.717, 1.165) is 4.90 Å². The lowest BCUT2D eigenvalue weighted by Gasteiger charge is -2.20. The average molecular weight is 447 g/mol. The first kappa shape index (κ1) is 23.4. The minimum Gasteiger partial charge on any atom is -0.482 e. The van der Waals surface area contributed by atoms with Crippen LogP contribution in [0, 0.1) is 5.92 Å². The molecular formula is C21H22ClF3O3S. The molecule has 29 heavy (non-hydrogen) atoms. The van der Waals surface area contributed by atoms with Crippen LogP contribution < -0.4 is 4.74 Å². The molecule has 3 nitrogen and oxygen atoms in total. The molecule has 0 unspecified atom stereocenters. The number of rotatable bonds is 8. The second kappa shape index (κ2) is 9.76. The van der Waals surface area contributed by atoms with E-state index in [4.69, 9.17) is 16.3 Å². The third-order valence-corrected chi connectivity index (χ3v) is 5.28. The number of carboxylic acid groups (broad SMARTS) is 1. The maximum absolute atomic E-state index is 12.7. The molecule has 0 aromatic heterocycles. The van der Waals surface area contributed by atoms with Crippen molar-refractivity contribution in [3.63, 3.8) is 0 Å². The zero-order valence-electron chi connectivity index (χ0n) is 16.2. The number of thioether (sulfide) groups is 1. The summed E-state index contributed by atoms with van der Waals surface area (Å²) in [5.74, 6) is -1.84. The highest BCUT2D eigenvalue weighted by atomic mass is 35.5. The number of carboxylic acids is 1. The number of hydrogen-bond acceptors (Lipinski definition) is 3. The van der Waals surface area contributed by atoms with Crippen molar-refractivity contribution in [3.05, 3.63) is 47.0 Å². The van der Waals surface area contributed by atoms with Crippen LogP contribution in [0.25, 0.3) is 11.1 Å². The van der Waals surface area contributed by atoms with Crippen molar-refractivity contribution < 1.29 is 27.8 Å². The van der Waals surface area contributed by atoms with Gasteiger partial charge in [0.15, 0.2) is 6.61 Å². The molecule has 1 N–H and O–H groups in total. The molecule has 8 heteroatoms. The maximum Gasteiger partial charge on any atom is 0.422 e. The summed E-state index contributed by atoms with van der Waals surface area (Å²) < 4.78 is 43.2. The minimum absolute atomic E-state index is 0.0503. The van der Waals surface area contributed by atoms with Crippen LogP contribution in [-0.4, -0.2) is 30.1 Å². The van der Waals surface area contributed by atoms with Gasteiger partial charge in [-0.1, -0.05) is 37.6 Å². The van der Waals surface area contributed by atoms with Gasteiger partial charge in [-0.3, -0.25) is 4.79 Å². The summed E-state index contributed by atoms with van der Waals surface area (Å²) >= 11 is 7.80. The highest BCUT2D eigenvalue weighted by molar-refractivity contribution is 7.98. The fourth-order valence-corrected chi connectivity index (χ4v) is 3.64. The number of alkyl halides is 3. The molecule has 0 bridgehead atoms. The molecule has 2 rings (SSSR count). The van der Waals surface area contributed by atoms with Gasteiger partial charge in [0.25, 0.3) is 0 Å². The van der Waals surface area contributed by atoms with Gasteiger partial charge in [0.2, 0.25) is 0 Å². The fraction of sp³-hybridized carbons (Fsp3) is 0.381. The zero-order valence-corrected chi connectivity index (χ0v) is 17.8. The molecule has 0 saturated heterocycles. The van der Waals surface area contributed by atoms with E-state index in [1.807, 2.05) is 32.2 Å². The van der Waals surface area contributed by atoms with Crippen molar-refractivity contribution >= 4 is 29.3 Å². The molecule has 0 saturated carbocycles. The van der Waals surface area contributed by atoms with Crippen LogP contribution in [0.5, 0.6) is 5.75 Å². The predicted octanol–water partition coefficient (Wildman–Crippen LogP) is 6.88. The number of benzene rings is 2. The molecule has 1 atom stereocenters. The molecule has 0 aliphatic rings. The van der Waals surface area contributed by atoms with Crippen LogP contribution in [0.1, 0.15) is 31.7 Å². The van der Waals surface area contributed by atoms with Gasteiger partial charge in [-0.2, -0.15) is 13.2 Å². The van der Waals surface area contributed by atoms with E-state index in [2.05, 4.69) is 0 Å². The van der Waals surface area contributed by atoms with Crippen LogP contribution >= 0.6 is 23.4 Å². The molecule has 0 spiro atoms. The normalized spacial score (nSPS) is 12.8. The predicted molar refractivity (Wildman–Crippen MR) is 110 cm³/mol. The molecule has 2 aromatic rings. The smallest absolute Gasteiger partial charge is 0.422 e. The molecule has 0 amide bonds. The Morgan fingerprint density at radius 2 is 1.83 bits per heavy atom. The lowest BCUT2D eigenvalue weighted by Crippen LogP contribution is -2.20. The molecule has 0 aliphatic heterocycles. The summed E-state index contributed by atoms with van der Waals surface area (Å²) in [6.45, 7) is 2.32. The monoisotopic (exact) mass is 446 g/mol. The quantitative estimate of drug-likeness (QED) is 0.449. The van der Waals surface area contributed by atoms with E-state index >= 15 is 0 Å². The van der Waals surface area contributed by atoms with Crippen LogP contribution in [0.2, 0.25) is 5.02 Å². The molecule has 158 valence electrons. The van der Waals surface area contributed by atoms with Gasteiger partial charge in [0.1, 0.15) is 5.75 Å². The number of ether oxygens (including phenoxy) is 1. The number of halogens is 4. The van der Waals surface area contributed by atoms with E-state index in [1.165, 1.54) is 17.8 Å². The first-order valence-electron chi connectivity index (χ1n) is 8.92. The van der Waals surface area contributed by atoms with Crippen LogP contribution in [0.15, 0.2) is 41.3 Å². The van der Waals surface area contributed by atoms with Gasteiger partial charge in [0, 0.05) is 10.5 Å². The Morgan fingerprint density at radius 3 is 2.31 bits per heavy atom. The van der Waals surface area contributed by atoms with Crippen LogP contribution in [-0.2, 0) is 4.79 Å². The summed E-state index contributed by atoms with van der Waals surface area (Å²) in [7, 11) is 0. The average Bonchev–Trinajstić information content (AvgIpc) is 2.63. The van der Waals surface area contributed by atoms with E-state index in [0.29, 0.717) is 23.1 Å². The number of aliphatic carboxylic acids is 1. The molecule has 0 heterocycles. The topological polar surface area (TPSA) is 46.5 Å². The number of carbonyl (C=O) groups is 1. The summed E-state index contributed by atoms with van der Waals surface area (Å²) in [4.78, 5) is 12.8. The Morgan fingerprint density at radius 1 is 1.21 bits per heavy atom. The SMILES string of the molecule is CSc1ccc(-c2cc([C@@H](CC(C)C)C(=O)O)cc(Cl)c2OCC(F)(F)F)cc1. The van der Waals surface area contributed by atoms with Gasteiger partial charge in [-0.05, 0) is 54.0 Å². The van der Waals surface area contributed by atoms with Crippen molar-refractivity contribution in [2.45, 2.75) is 37.3 Å². The second-order valence-corrected chi connectivity index (χ2v) is 8.32. The highest BCUT2D eigenvalue weighted by Gasteiger charge is 2.30. The van der Waals surface area contributed by atoms with Crippen LogP contribution in [0.3, 0.4) is 0 Å². The van der Waals surface area contributed by atoms with Crippen molar-refractivity contribution in [2.75, 3.05) is 12.9 Å². The number of hydrogen-bond donors (Lipinski definition) is 1. The molecule has 0 radical (unpaired) electrons. The molecule has 0 aliphatic carbocycles. The van der Waals surface area contributed by atoms with E-state index in [-0.39, 0.29) is 16.7 Å². The Balaban J connectivity index is 2.59. The Hall–Kier alpha value is -1.86. The summed E-state index contributed by atoms with van der Waals surface area (Å²) in [5.41, 5.74) is 1.36. The summed E-state index contributed by atoms with van der Waals surface area (Å²) in [6, 6.07) is 10.1. The minimum atomic E-state index is -4.52. The Kier molecular flexibility index (Phi) is 7.88. The Bertz CT molecular complexity index is 851. The highest BCUT2D eigenvalue weighted by Crippen LogP contribution is 2.41. The lowest BCUT2D eigenvalue weighted by atomic mass is 9.88. The van der Waals surface area contributed by atoms with Gasteiger partial charge in [-0.25, -0.2) is 0 Å². The second-order valence-electron chi connectivity index (χ2n) is 7.03. The van der Waals surface area contributed by atoms with Crippen molar-refractivity contribution in [1.29, 1.82) is 0 Å². The Labute approximate surface area is 177 Å². The summed E-state index contributed by atoms with van der Waals surface area (Å²) in [6.07, 6.45) is -2.24.